The van der Waals surface area contributed by atoms with Gasteiger partial charge in [0.25, 0.3) is 0 Å². The molecule has 0 atom stereocenters. The fourth-order valence-corrected chi connectivity index (χ4v) is 0.337. The minimum Gasteiger partial charge on any atom is -0.444 e. The lowest BCUT2D eigenvalue weighted by atomic mass is 10.1. The number of hydrogen-bond donors (Lipinski definition) is 1. The van der Waals surface area contributed by atoms with Gasteiger partial charge in [-0.25, -0.2) is 0 Å². The van der Waals surface area contributed by atoms with Crippen LogP contribution in [0.2, 0.25) is 0 Å². The van der Waals surface area contributed by atoms with E-state index >= 15 is 0 Å². The first-order valence-corrected chi connectivity index (χ1v) is 2.57. The first kappa shape index (κ1) is 8.65. The number of rotatable bonds is 2. The van der Waals surface area contributed by atoms with Gasteiger partial charge < -0.3 is 10.5 Å². The van der Waals surface area contributed by atoms with Crippen LogP contribution in [-0.4, -0.2) is 38.0 Å². The lowest BCUT2D eigenvalue weighted by Crippen LogP contribution is -2.34. The zero-order valence-corrected chi connectivity index (χ0v) is 5.52. The molecule has 0 aromatic carbocycles. The summed E-state index contributed by atoms with van der Waals surface area (Å²) in [4.78, 5) is 10.6. The molecule has 0 rings (SSSR count). The molecule has 0 aliphatic carbocycles. The van der Waals surface area contributed by atoms with Crippen molar-refractivity contribution in [3.63, 3.8) is 0 Å². The van der Waals surface area contributed by atoms with Gasteiger partial charge in [-0.2, -0.15) is 0 Å². The molecule has 0 saturated heterocycles. The predicted molar refractivity (Wildman–Crippen MR) is 40.0 cm³/mol. The minimum absolute atomic E-state index is 0.000926. The lowest BCUT2D eigenvalue weighted by Gasteiger charge is -2.09. The number of nitrogens with two attached hydrogens (primary N) is 1. The lowest BCUT2D eigenvalue weighted by molar-refractivity contribution is -0.116. The monoisotopic (exact) mass is 138 g/mol. The van der Waals surface area contributed by atoms with Gasteiger partial charge in [-0.15, -0.1) is 0 Å². The third-order valence-corrected chi connectivity index (χ3v) is 1.000. The maximum atomic E-state index is 10.5. The molecule has 0 aromatic heterocycles. The van der Waals surface area contributed by atoms with E-state index in [1.54, 1.807) is 0 Å². The molecule has 0 saturated carbocycles. The van der Waals surface area contributed by atoms with Crippen LogP contribution in [0.15, 0.2) is 0 Å². The molecule has 0 aliphatic rings. The number of carbonyl (C=O) groups excluding carboxylic acids is 1. The van der Waals surface area contributed by atoms with Gasteiger partial charge in [-0.3, -0.25) is 4.79 Å². The van der Waals surface area contributed by atoms with E-state index in [1.165, 1.54) is 0 Å². The van der Waals surface area contributed by atoms with E-state index in [0.29, 0.717) is 4.72 Å². The normalized spacial score (nSPS) is 8.56. The highest BCUT2D eigenvalue weighted by atomic mass is 32.1. The maximum absolute atomic E-state index is 10.5. The summed E-state index contributed by atoms with van der Waals surface area (Å²) >= 11 is 4.48. The van der Waals surface area contributed by atoms with Gasteiger partial charge in [0.2, 0.25) is 21.9 Å². The summed E-state index contributed by atoms with van der Waals surface area (Å²) in [6, 6.07) is 0. The Kier molecular flexibility index (Phi) is 3.49. The van der Waals surface area contributed by atoms with Crippen molar-refractivity contribution in [2.45, 2.75) is 0 Å². The van der Waals surface area contributed by atoms with E-state index in [1.807, 2.05) is 0 Å². The minimum atomic E-state index is -0.618. The number of amides is 1. The second-order valence-corrected chi connectivity index (χ2v) is 1.83. The van der Waals surface area contributed by atoms with Crippen molar-refractivity contribution in [2.24, 2.45) is 5.73 Å². The smallest absolute Gasteiger partial charge is 0.236 e. The fraction of sp³-hybridized carbons (Fsp3) is 0.333. The summed E-state index contributed by atoms with van der Waals surface area (Å²) in [6.07, 6.45) is 0. The SMILES string of the molecule is [B]N([B])C(=O)C(=S)CN. The molecule has 0 heterocycles. The van der Waals surface area contributed by atoms with Crippen LogP contribution in [-0.2, 0) is 4.79 Å². The molecule has 4 radical (unpaired) electrons. The number of carbonyl (C=O) groups is 1. The van der Waals surface area contributed by atoms with E-state index in [2.05, 4.69) is 12.2 Å². The molecular formula is C3H4B2N2OS. The van der Waals surface area contributed by atoms with E-state index in [0.717, 1.165) is 0 Å². The average molecular weight is 138 g/mol. The second-order valence-electron chi connectivity index (χ2n) is 1.34. The molecule has 6 heteroatoms. The van der Waals surface area contributed by atoms with Crippen LogP contribution >= 0.6 is 12.2 Å². The second kappa shape index (κ2) is 3.63. The van der Waals surface area contributed by atoms with Crippen LogP contribution in [0.25, 0.3) is 0 Å². The molecule has 0 bridgehead atoms. The van der Waals surface area contributed by atoms with Crippen LogP contribution in [0.5, 0.6) is 0 Å². The Morgan fingerprint density at radius 1 is 1.67 bits per heavy atom. The Balaban J connectivity index is 3.89. The molecule has 1 amide bonds. The van der Waals surface area contributed by atoms with Crippen LogP contribution in [0.3, 0.4) is 0 Å². The van der Waals surface area contributed by atoms with Crippen molar-refractivity contribution in [1.82, 2.24) is 4.72 Å². The Hall–Kier alpha value is -0.350. The summed E-state index contributed by atoms with van der Waals surface area (Å²) in [5.74, 6) is -0.618. The molecule has 0 fully saturated rings. The molecule has 9 heavy (non-hydrogen) atoms. The van der Waals surface area contributed by atoms with Gasteiger partial charge in [0.05, 0.1) is 4.86 Å². The summed E-state index contributed by atoms with van der Waals surface area (Å²) in [5.41, 5.74) is 5.01. The molecule has 0 unspecified atom stereocenters. The van der Waals surface area contributed by atoms with Crippen molar-refractivity contribution < 1.29 is 4.79 Å². The first-order chi connectivity index (χ1) is 4.09. The van der Waals surface area contributed by atoms with Crippen molar-refractivity contribution in [3.8, 4) is 0 Å². The van der Waals surface area contributed by atoms with Gasteiger partial charge in [-0.05, 0) is 0 Å². The standard InChI is InChI=1S/C3H4B2N2OS/c4-7(5)3(8)2(9)1-6/h1,6H2. The first-order valence-electron chi connectivity index (χ1n) is 2.16. The Morgan fingerprint density at radius 2 is 2.11 bits per heavy atom. The third kappa shape index (κ3) is 2.62. The van der Waals surface area contributed by atoms with Crippen LogP contribution in [0.1, 0.15) is 0 Å². The highest BCUT2D eigenvalue weighted by molar-refractivity contribution is 7.82. The van der Waals surface area contributed by atoms with Crippen LogP contribution < -0.4 is 5.73 Å². The topological polar surface area (TPSA) is 46.3 Å². The number of thiocarbonyl (C=S) groups is 1. The van der Waals surface area contributed by atoms with Crippen molar-refractivity contribution >= 4 is 39.0 Å². The van der Waals surface area contributed by atoms with Gasteiger partial charge in [0.15, 0.2) is 0 Å². The highest BCUT2D eigenvalue weighted by Gasteiger charge is 2.06. The van der Waals surface area contributed by atoms with E-state index in [9.17, 15) is 4.79 Å². The van der Waals surface area contributed by atoms with E-state index < -0.39 is 5.91 Å². The van der Waals surface area contributed by atoms with E-state index in [-0.39, 0.29) is 11.4 Å². The number of hydrogen-bond acceptors (Lipinski definition) is 3. The van der Waals surface area contributed by atoms with Crippen molar-refractivity contribution in [3.05, 3.63) is 0 Å². The number of nitrogens with zero attached hydrogens (tertiary/aromatic N) is 1. The Bertz CT molecular complexity index is 138. The Labute approximate surface area is 61.4 Å². The molecular weight excluding hydrogens is 134 g/mol. The molecule has 0 spiro atoms. The fourth-order valence-electron chi connectivity index (χ4n) is 0.231. The van der Waals surface area contributed by atoms with Crippen molar-refractivity contribution in [2.75, 3.05) is 6.54 Å². The molecule has 2 N–H and O–H groups in total. The van der Waals surface area contributed by atoms with Gasteiger partial charge in [0.1, 0.15) is 0 Å². The predicted octanol–water partition coefficient (Wildman–Crippen LogP) is -1.69. The summed E-state index contributed by atoms with van der Waals surface area (Å²) in [6.45, 7) is -0.000926. The van der Waals surface area contributed by atoms with Gasteiger partial charge >= 0.3 is 0 Å². The van der Waals surface area contributed by atoms with Crippen LogP contribution in [0.4, 0.5) is 0 Å². The van der Waals surface area contributed by atoms with E-state index in [4.69, 9.17) is 21.7 Å². The molecule has 0 aromatic rings. The summed E-state index contributed by atoms with van der Waals surface area (Å²) in [7, 11) is 9.66. The van der Waals surface area contributed by atoms with Gasteiger partial charge in [-0.1, -0.05) is 12.2 Å². The van der Waals surface area contributed by atoms with Crippen LogP contribution in [0, 0.1) is 0 Å². The molecule has 44 valence electrons. The quantitative estimate of drug-likeness (QED) is 0.365. The Morgan fingerprint density at radius 3 is 2.22 bits per heavy atom. The average Bonchev–Trinajstić information content (AvgIpc) is 1.84. The summed E-state index contributed by atoms with van der Waals surface area (Å²) < 4.78 is 0.412. The highest BCUT2D eigenvalue weighted by Crippen LogP contribution is 1.80. The maximum Gasteiger partial charge on any atom is 0.236 e. The van der Waals surface area contributed by atoms with Crippen molar-refractivity contribution in [1.29, 1.82) is 0 Å². The van der Waals surface area contributed by atoms with Gasteiger partial charge in [0, 0.05) is 6.54 Å². The zero-order valence-electron chi connectivity index (χ0n) is 4.70. The largest absolute Gasteiger partial charge is 0.444 e. The molecule has 0 aliphatic heterocycles. The zero-order chi connectivity index (χ0) is 7.44. The summed E-state index contributed by atoms with van der Waals surface area (Å²) in [5, 5.41) is 0. The molecule has 3 nitrogen and oxygen atoms in total. The third-order valence-electron chi connectivity index (χ3n) is 0.658.